The first-order chi connectivity index (χ1) is 11.4. The predicted octanol–water partition coefficient (Wildman–Crippen LogP) is 2.76. The van der Waals surface area contributed by atoms with Crippen LogP contribution in [0, 0.1) is 17.3 Å². The van der Waals surface area contributed by atoms with Crippen molar-refractivity contribution >= 4 is 0 Å². The molecule has 0 spiro atoms. The van der Waals surface area contributed by atoms with E-state index in [0.717, 1.165) is 30.0 Å². The van der Waals surface area contributed by atoms with Crippen LogP contribution < -0.4 is 10.6 Å². The highest BCUT2D eigenvalue weighted by atomic mass is 15.2. The summed E-state index contributed by atoms with van der Waals surface area (Å²) in [5.41, 5.74) is 0.530. The van der Waals surface area contributed by atoms with Crippen LogP contribution in [0.2, 0.25) is 0 Å². The van der Waals surface area contributed by atoms with Crippen molar-refractivity contribution in [2.75, 3.05) is 26.2 Å². The lowest BCUT2D eigenvalue weighted by molar-refractivity contribution is -0.117. The lowest BCUT2D eigenvalue weighted by Crippen LogP contribution is -2.72. The molecule has 1 aliphatic carbocycles. The smallest absolute Gasteiger partial charge is 0.0179 e. The molecule has 4 aliphatic heterocycles. The van der Waals surface area contributed by atoms with Crippen molar-refractivity contribution < 1.29 is 0 Å². The number of nitrogens with zero attached hydrogens (tertiary/aromatic N) is 1. The average molecular weight is 318 g/mol. The van der Waals surface area contributed by atoms with Gasteiger partial charge in [0.15, 0.2) is 0 Å². The van der Waals surface area contributed by atoms with E-state index in [1.54, 1.807) is 0 Å². The van der Waals surface area contributed by atoms with E-state index in [-0.39, 0.29) is 0 Å². The number of nitrogens with one attached hydrogen (secondary N) is 2. The van der Waals surface area contributed by atoms with Gasteiger partial charge in [-0.05, 0) is 82.8 Å². The molecule has 1 saturated carbocycles. The Balaban J connectivity index is 1.50. The summed E-state index contributed by atoms with van der Waals surface area (Å²) in [6.07, 6.45) is 14.6. The summed E-state index contributed by atoms with van der Waals surface area (Å²) >= 11 is 0. The van der Waals surface area contributed by atoms with Crippen LogP contribution in [0.3, 0.4) is 0 Å². The van der Waals surface area contributed by atoms with E-state index < -0.39 is 0 Å². The van der Waals surface area contributed by atoms with Crippen molar-refractivity contribution in [1.29, 1.82) is 0 Å². The van der Waals surface area contributed by atoms with E-state index in [1.807, 2.05) is 0 Å². The third-order valence-electron chi connectivity index (χ3n) is 8.16. The summed E-state index contributed by atoms with van der Waals surface area (Å²) in [4.78, 5) is 2.94. The van der Waals surface area contributed by atoms with E-state index in [2.05, 4.69) is 15.5 Å². The van der Waals surface area contributed by atoms with Crippen molar-refractivity contribution in [1.82, 2.24) is 15.5 Å². The highest BCUT2D eigenvalue weighted by molar-refractivity contribution is 5.14. The number of rotatable bonds is 1. The fourth-order valence-electron chi connectivity index (χ4n) is 7.36. The van der Waals surface area contributed by atoms with E-state index in [0.29, 0.717) is 5.41 Å². The third kappa shape index (κ3) is 2.41. The maximum Gasteiger partial charge on any atom is 0.0179 e. The van der Waals surface area contributed by atoms with Gasteiger partial charge in [0.2, 0.25) is 0 Å². The first-order valence-corrected chi connectivity index (χ1v) is 10.6. The van der Waals surface area contributed by atoms with Gasteiger partial charge in [0.25, 0.3) is 0 Å². The number of fused-ring (bicyclic) bond motifs is 6. The standard InChI is InChI=1S/C20H35N3/c1-3-9-21-18(8-1)20-13-16(12-15-6-5-10-22-19(15)20)17-7-2-4-11-23(17)14-20/h15-19,21-22H,1-14H2/t15-,16-,17+,18+,19-,20-/m1/s1. The maximum absolute atomic E-state index is 4.04. The second-order valence-electron chi connectivity index (χ2n) is 9.30. The van der Waals surface area contributed by atoms with E-state index in [1.165, 1.54) is 90.4 Å². The Morgan fingerprint density at radius 3 is 2.65 bits per heavy atom. The second kappa shape index (κ2) is 6.00. The molecule has 5 rings (SSSR count). The fourth-order valence-corrected chi connectivity index (χ4v) is 7.36. The molecule has 0 aromatic heterocycles. The zero-order chi connectivity index (χ0) is 15.3. The van der Waals surface area contributed by atoms with Gasteiger partial charge in [-0.3, -0.25) is 4.90 Å². The largest absolute Gasteiger partial charge is 0.313 e. The highest BCUT2D eigenvalue weighted by Crippen LogP contribution is 2.55. The van der Waals surface area contributed by atoms with Crippen LogP contribution in [0.15, 0.2) is 0 Å². The van der Waals surface area contributed by atoms with Gasteiger partial charge < -0.3 is 10.6 Å². The molecule has 3 nitrogen and oxygen atoms in total. The minimum absolute atomic E-state index is 0.530. The van der Waals surface area contributed by atoms with Crippen LogP contribution in [-0.4, -0.2) is 49.2 Å². The van der Waals surface area contributed by atoms with Crippen LogP contribution in [0.25, 0.3) is 0 Å². The van der Waals surface area contributed by atoms with Gasteiger partial charge in [0.1, 0.15) is 0 Å². The van der Waals surface area contributed by atoms with Crippen molar-refractivity contribution in [2.45, 2.75) is 82.3 Å². The molecule has 0 aromatic carbocycles. The molecule has 2 bridgehead atoms. The molecule has 3 heteroatoms. The molecule has 0 amide bonds. The molecule has 4 heterocycles. The van der Waals surface area contributed by atoms with Gasteiger partial charge in [-0.15, -0.1) is 0 Å². The molecular weight excluding hydrogens is 282 g/mol. The minimum Gasteiger partial charge on any atom is -0.313 e. The zero-order valence-electron chi connectivity index (χ0n) is 14.7. The van der Waals surface area contributed by atoms with E-state index >= 15 is 0 Å². The van der Waals surface area contributed by atoms with Gasteiger partial charge in [-0.1, -0.05) is 12.8 Å². The summed E-state index contributed by atoms with van der Waals surface area (Å²) in [6.45, 7) is 5.30. The van der Waals surface area contributed by atoms with E-state index in [9.17, 15) is 0 Å². The summed E-state index contributed by atoms with van der Waals surface area (Å²) in [5.74, 6) is 1.96. The van der Waals surface area contributed by atoms with Gasteiger partial charge >= 0.3 is 0 Å². The van der Waals surface area contributed by atoms with Gasteiger partial charge in [0.05, 0.1) is 0 Å². The molecule has 5 aliphatic rings. The number of hydrogen-bond acceptors (Lipinski definition) is 3. The summed E-state index contributed by atoms with van der Waals surface area (Å²) in [7, 11) is 0. The molecule has 0 unspecified atom stereocenters. The first-order valence-electron chi connectivity index (χ1n) is 10.6. The Kier molecular flexibility index (Phi) is 3.95. The molecule has 2 N–H and O–H groups in total. The molecular formula is C20H35N3. The Hall–Kier alpha value is -0.120. The average Bonchev–Trinajstić information content (AvgIpc) is 2.63. The van der Waals surface area contributed by atoms with Crippen LogP contribution in [0.1, 0.15) is 64.2 Å². The Morgan fingerprint density at radius 2 is 1.74 bits per heavy atom. The molecule has 4 saturated heterocycles. The lowest BCUT2D eigenvalue weighted by Gasteiger charge is -2.64. The molecule has 130 valence electrons. The van der Waals surface area contributed by atoms with E-state index in [4.69, 9.17) is 0 Å². The first kappa shape index (κ1) is 15.2. The topological polar surface area (TPSA) is 27.3 Å². The van der Waals surface area contributed by atoms with Crippen molar-refractivity contribution in [3.8, 4) is 0 Å². The number of piperidine rings is 4. The summed E-state index contributed by atoms with van der Waals surface area (Å²) < 4.78 is 0. The monoisotopic (exact) mass is 317 g/mol. The van der Waals surface area contributed by atoms with Gasteiger partial charge in [-0.2, -0.15) is 0 Å². The fraction of sp³-hybridized carbons (Fsp3) is 1.00. The van der Waals surface area contributed by atoms with Crippen molar-refractivity contribution in [2.24, 2.45) is 17.3 Å². The number of hydrogen-bond donors (Lipinski definition) is 2. The summed E-state index contributed by atoms with van der Waals surface area (Å²) in [5, 5.41) is 8.04. The highest BCUT2D eigenvalue weighted by Gasteiger charge is 2.58. The quantitative estimate of drug-likeness (QED) is 0.779. The van der Waals surface area contributed by atoms with Gasteiger partial charge in [-0.25, -0.2) is 0 Å². The molecule has 0 radical (unpaired) electrons. The zero-order valence-corrected chi connectivity index (χ0v) is 14.7. The predicted molar refractivity (Wildman–Crippen MR) is 94.5 cm³/mol. The molecule has 0 aromatic rings. The van der Waals surface area contributed by atoms with Gasteiger partial charge in [0, 0.05) is 30.1 Å². The molecule has 5 fully saturated rings. The maximum atomic E-state index is 4.04. The Bertz CT molecular complexity index is 431. The lowest BCUT2D eigenvalue weighted by atomic mass is 9.52. The SMILES string of the molecule is C1CC[C@@H]([C@]23C[C@@H](C[C@H]4CCCN[C@H]42)[C@@H]2CCCCN2C3)NC1. The molecule has 6 atom stereocenters. The van der Waals surface area contributed by atoms with Crippen LogP contribution >= 0.6 is 0 Å². The Labute approximate surface area is 142 Å². The summed E-state index contributed by atoms with van der Waals surface area (Å²) in [6, 6.07) is 2.51. The van der Waals surface area contributed by atoms with Crippen molar-refractivity contribution in [3.63, 3.8) is 0 Å². The second-order valence-corrected chi connectivity index (χ2v) is 9.30. The minimum atomic E-state index is 0.530. The van der Waals surface area contributed by atoms with Crippen LogP contribution in [0.4, 0.5) is 0 Å². The van der Waals surface area contributed by atoms with Crippen LogP contribution in [0.5, 0.6) is 0 Å². The normalized spacial score (nSPS) is 50.9. The van der Waals surface area contributed by atoms with Crippen molar-refractivity contribution in [3.05, 3.63) is 0 Å². The Morgan fingerprint density at radius 1 is 0.826 bits per heavy atom. The van der Waals surface area contributed by atoms with Crippen LogP contribution in [-0.2, 0) is 0 Å². The third-order valence-corrected chi connectivity index (χ3v) is 8.16. The molecule has 23 heavy (non-hydrogen) atoms.